The molecule has 0 aliphatic carbocycles. The van der Waals surface area contributed by atoms with Gasteiger partial charge in [0.25, 0.3) is 0 Å². The first-order valence-electron chi connectivity index (χ1n) is 4.13. The van der Waals surface area contributed by atoms with E-state index in [4.69, 9.17) is 10.2 Å². The van der Waals surface area contributed by atoms with Crippen LogP contribution in [-0.4, -0.2) is 69.1 Å². The topological polar surface area (TPSA) is 113 Å². The molecule has 0 aromatic carbocycles. The summed E-state index contributed by atoms with van der Waals surface area (Å²) < 4.78 is 0. The fourth-order valence-corrected chi connectivity index (χ4v) is 1.51. The molecule has 0 aromatic heterocycles. The maximum atomic E-state index is 9.37. The van der Waals surface area contributed by atoms with E-state index in [2.05, 4.69) is 5.32 Å². The molecule has 6 nitrogen and oxygen atoms in total. The Bertz CT molecular complexity index is 167. The summed E-state index contributed by atoms with van der Waals surface area (Å²) in [4.78, 5) is 0. The van der Waals surface area contributed by atoms with E-state index in [1.165, 1.54) is 0 Å². The normalized spacial score (nSPS) is 42.2. The SMILES string of the molecule is OC[C@H](O)[C@@H]1N[C@H](CO)[C@@H](O)[C@@H]1O. The maximum absolute atomic E-state index is 9.37. The number of rotatable bonds is 3. The number of nitrogens with one attached hydrogen (secondary N) is 1. The van der Waals surface area contributed by atoms with Gasteiger partial charge in [0.1, 0.15) is 0 Å². The van der Waals surface area contributed by atoms with Crippen molar-refractivity contribution in [3.63, 3.8) is 0 Å². The summed E-state index contributed by atoms with van der Waals surface area (Å²) in [5.74, 6) is 0. The molecule has 6 heteroatoms. The highest BCUT2D eigenvalue weighted by Gasteiger charge is 2.43. The fourth-order valence-electron chi connectivity index (χ4n) is 1.51. The number of aliphatic hydroxyl groups is 5. The zero-order valence-corrected chi connectivity index (χ0v) is 7.04. The van der Waals surface area contributed by atoms with Gasteiger partial charge in [0.2, 0.25) is 0 Å². The van der Waals surface area contributed by atoms with Gasteiger partial charge in [0.05, 0.1) is 43.6 Å². The summed E-state index contributed by atoms with van der Waals surface area (Å²) in [6.07, 6.45) is -3.42. The lowest BCUT2D eigenvalue weighted by atomic mass is 10.0. The first-order valence-corrected chi connectivity index (χ1v) is 4.13. The van der Waals surface area contributed by atoms with Crippen molar-refractivity contribution in [3.8, 4) is 0 Å². The van der Waals surface area contributed by atoms with Gasteiger partial charge in [0.15, 0.2) is 0 Å². The van der Waals surface area contributed by atoms with Gasteiger partial charge in [-0.1, -0.05) is 0 Å². The van der Waals surface area contributed by atoms with Crippen LogP contribution in [0.25, 0.3) is 0 Å². The van der Waals surface area contributed by atoms with Crippen LogP contribution in [0.1, 0.15) is 0 Å². The Morgan fingerprint density at radius 3 is 2.15 bits per heavy atom. The Morgan fingerprint density at radius 2 is 1.77 bits per heavy atom. The van der Waals surface area contributed by atoms with Crippen LogP contribution in [0, 0.1) is 0 Å². The molecule has 1 aliphatic rings. The predicted octanol–water partition coefficient (Wildman–Crippen LogP) is -3.61. The molecule has 1 aliphatic heterocycles. The monoisotopic (exact) mass is 193 g/mol. The van der Waals surface area contributed by atoms with Crippen LogP contribution in [0.3, 0.4) is 0 Å². The lowest BCUT2D eigenvalue weighted by Gasteiger charge is -2.19. The van der Waals surface area contributed by atoms with E-state index in [0.717, 1.165) is 0 Å². The van der Waals surface area contributed by atoms with Crippen LogP contribution in [0.2, 0.25) is 0 Å². The molecule has 1 fully saturated rings. The third kappa shape index (κ3) is 1.98. The molecular formula is C7H15NO5. The largest absolute Gasteiger partial charge is 0.395 e. The molecule has 5 atom stereocenters. The van der Waals surface area contributed by atoms with Crippen LogP contribution >= 0.6 is 0 Å². The van der Waals surface area contributed by atoms with Crippen molar-refractivity contribution in [2.45, 2.75) is 30.4 Å². The highest BCUT2D eigenvalue weighted by molar-refractivity contribution is 5.00. The van der Waals surface area contributed by atoms with Gasteiger partial charge in [-0.2, -0.15) is 0 Å². The molecule has 13 heavy (non-hydrogen) atoms. The van der Waals surface area contributed by atoms with Crippen LogP contribution in [0.4, 0.5) is 0 Å². The van der Waals surface area contributed by atoms with Gasteiger partial charge in [-0.15, -0.1) is 0 Å². The van der Waals surface area contributed by atoms with Crippen LogP contribution in [0.5, 0.6) is 0 Å². The smallest absolute Gasteiger partial charge is 0.0994 e. The molecule has 1 saturated heterocycles. The number of hydrogen-bond donors (Lipinski definition) is 6. The molecule has 0 amide bonds. The Labute approximate surface area is 75.4 Å². The molecule has 78 valence electrons. The van der Waals surface area contributed by atoms with E-state index in [-0.39, 0.29) is 6.61 Å². The average Bonchev–Trinajstić information content (AvgIpc) is 2.43. The zero-order chi connectivity index (χ0) is 10.0. The first kappa shape index (κ1) is 10.8. The fraction of sp³-hybridized carbons (Fsp3) is 1.00. The number of aliphatic hydroxyl groups excluding tert-OH is 5. The van der Waals surface area contributed by atoms with Gasteiger partial charge in [-0.3, -0.25) is 0 Å². The van der Waals surface area contributed by atoms with Crippen LogP contribution in [0.15, 0.2) is 0 Å². The third-order valence-corrected chi connectivity index (χ3v) is 2.33. The van der Waals surface area contributed by atoms with Gasteiger partial charge >= 0.3 is 0 Å². The summed E-state index contributed by atoms with van der Waals surface area (Å²) in [6.45, 7) is -0.827. The molecule has 0 aromatic rings. The number of hydrogen-bond acceptors (Lipinski definition) is 6. The van der Waals surface area contributed by atoms with Crippen molar-refractivity contribution < 1.29 is 25.5 Å². The van der Waals surface area contributed by atoms with Gasteiger partial charge in [-0.25, -0.2) is 0 Å². The highest BCUT2D eigenvalue weighted by atomic mass is 16.3. The molecule has 0 radical (unpaired) electrons. The van der Waals surface area contributed by atoms with E-state index >= 15 is 0 Å². The van der Waals surface area contributed by atoms with Crippen molar-refractivity contribution in [3.05, 3.63) is 0 Å². The Kier molecular flexibility index (Phi) is 3.60. The van der Waals surface area contributed by atoms with Gasteiger partial charge < -0.3 is 30.8 Å². The molecule has 0 spiro atoms. The van der Waals surface area contributed by atoms with Crippen LogP contribution in [-0.2, 0) is 0 Å². The molecule has 1 rings (SSSR count). The van der Waals surface area contributed by atoms with E-state index in [1.54, 1.807) is 0 Å². The lowest BCUT2D eigenvalue weighted by molar-refractivity contribution is -0.0150. The van der Waals surface area contributed by atoms with Gasteiger partial charge in [0, 0.05) is 0 Å². The average molecular weight is 193 g/mol. The quantitative estimate of drug-likeness (QED) is 0.276. The van der Waals surface area contributed by atoms with Crippen LogP contribution < -0.4 is 5.32 Å². The molecule has 0 unspecified atom stereocenters. The van der Waals surface area contributed by atoms with Crippen molar-refractivity contribution in [2.24, 2.45) is 0 Å². The minimum Gasteiger partial charge on any atom is -0.395 e. The summed E-state index contributed by atoms with van der Waals surface area (Å²) in [6, 6.07) is -1.45. The molecule has 1 heterocycles. The molecule has 6 N–H and O–H groups in total. The Hall–Kier alpha value is -0.240. The van der Waals surface area contributed by atoms with E-state index < -0.39 is 37.0 Å². The minimum absolute atomic E-state index is 0.327. The summed E-state index contributed by atoms with van der Waals surface area (Å²) in [5.41, 5.74) is 0. The lowest BCUT2D eigenvalue weighted by Crippen LogP contribution is -2.45. The summed E-state index contributed by atoms with van der Waals surface area (Å²) in [7, 11) is 0. The molecular weight excluding hydrogens is 178 g/mol. The standard InChI is InChI=1S/C7H15NO5/c9-1-3-6(12)7(13)5(8-3)4(11)2-10/h3-13H,1-2H2/t3-,4+,5+,6-,7-/m1/s1. The summed E-state index contributed by atoms with van der Waals surface area (Å²) in [5, 5.41) is 47.9. The zero-order valence-electron chi connectivity index (χ0n) is 7.04. The molecule has 0 bridgehead atoms. The van der Waals surface area contributed by atoms with E-state index in [1.807, 2.05) is 0 Å². The maximum Gasteiger partial charge on any atom is 0.0994 e. The first-order chi connectivity index (χ1) is 6.11. The Morgan fingerprint density at radius 1 is 1.15 bits per heavy atom. The van der Waals surface area contributed by atoms with Crippen molar-refractivity contribution in [2.75, 3.05) is 13.2 Å². The van der Waals surface area contributed by atoms with E-state index in [9.17, 15) is 15.3 Å². The van der Waals surface area contributed by atoms with Crippen molar-refractivity contribution >= 4 is 0 Å². The van der Waals surface area contributed by atoms with E-state index in [0.29, 0.717) is 0 Å². The minimum atomic E-state index is -1.17. The third-order valence-electron chi connectivity index (χ3n) is 2.33. The molecule has 0 saturated carbocycles. The highest BCUT2D eigenvalue weighted by Crippen LogP contribution is 2.16. The second kappa shape index (κ2) is 4.32. The van der Waals surface area contributed by atoms with Crippen molar-refractivity contribution in [1.29, 1.82) is 0 Å². The van der Waals surface area contributed by atoms with Crippen molar-refractivity contribution in [1.82, 2.24) is 5.32 Å². The Balaban J connectivity index is 2.60. The second-order valence-corrected chi connectivity index (χ2v) is 3.21. The summed E-state index contributed by atoms with van der Waals surface area (Å²) >= 11 is 0. The second-order valence-electron chi connectivity index (χ2n) is 3.21. The predicted molar refractivity (Wildman–Crippen MR) is 42.9 cm³/mol. The van der Waals surface area contributed by atoms with Gasteiger partial charge in [-0.05, 0) is 0 Å².